The number of nitrogens with one attached hydrogen (secondary N) is 1. The van der Waals surface area contributed by atoms with Gasteiger partial charge in [0.05, 0.1) is 22.8 Å². The van der Waals surface area contributed by atoms with Gasteiger partial charge in [0.2, 0.25) is 0 Å². The molecule has 1 aliphatic carbocycles. The first kappa shape index (κ1) is 28.5. The maximum atomic E-state index is 7.13. The molecular weight excluding hydrogens is 562 g/mol. The number of rotatable bonds is 4. The van der Waals surface area contributed by atoms with E-state index >= 15 is 0 Å². The Hall–Kier alpha value is -5.00. The minimum atomic E-state index is -0.306. The molecule has 2 aliphatic rings. The maximum absolute atomic E-state index is 7.13. The Morgan fingerprint density at radius 2 is 1.43 bits per heavy atom. The summed E-state index contributed by atoms with van der Waals surface area (Å²) in [6.07, 6.45) is 4.01. The number of hydrogen-bond acceptors (Lipinski definition) is 4. The highest BCUT2D eigenvalue weighted by atomic mass is 15.2. The summed E-state index contributed by atoms with van der Waals surface area (Å²) in [7, 11) is 0. The van der Waals surface area contributed by atoms with Crippen LogP contribution in [0.3, 0.4) is 0 Å². The second kappa shape index (κ2) is 10.5. The zero-order chi connectivity index (χ0) is 31.6. The van der Waals surface area contributed by atoms with Crippen LogP contribution in [-0.4, -0.2) is 14.5 Å². The highest BCUT2D eigenvalue weighted by Gasteiger charge is 2.50. The van der Waals surface area contributed by atoms with Crippen molar-refractivity contribution in [3.05, 3.63) is 127 Å². The van der Waals surface area contributed by atoms with Crippen LogP contribution in [0.4, 0.5) is 11.5 Å². The van der Waals surface area contributed by atoms with E-state index in [1.807, 2.05) is 18.3 Å². The third-order valence-corrected chi connectivity index (χ3v) is 10.1. The summed E-state index contributed by atoms with van der Waals surface area (Å²) >= 11 is 0. The molecular formula is C41H39N5. The number of imidazole rings is 1. The van der Waals surface area contributed by atoms with Crippen LogP contribution in [0.5, 0.6) is 0 Å². The monoisotopic (exact) mass is 601 g/mol. The summed E-state index contributed by atoms with van der Waals surface area (Å²) in [5.74, 6) is 2.13. The van der Waals surface area contributed by atoms with E-state index in [4.69, 9.17) is 15.7 Å². The largest absolute Gasteiger partial charge is 0.338 e. The van der Waals surface area contributed by atoms with Crippen molar-refractivity contribution in [3.8, 4) is 50.7 Å². The Bertz CT molecular complexity index is 2060. The van der Waals surface area contributed by atoms with E-state index < -0.39 is 0 Å². The molecule has 228 valence electrons. The minimum Gasteiger partial charge on any atom is -0.338 e. The van der Waals surface area contributed by atoms with Crippen molar-refractivity contribution in [3.63, 3.8) is 0 Å². The second-order valence-electron chi connectivity index (χ2n) is 14.0. The summed E-state index contributed by atoms with van der Waals surface area (Å²) < 4.78 is 2.28. The first-order chi connectivity index (χ1) is 22.2. The second-order valence-corrected chi connectivity index (χ2v) is 14.0. The molecule has 6 aromatic rings. The maximum Gasteiger partial charge on any atom is 0.154 e. The summed E-state index contributed by atoms with van der Waals surface area (Å²) in [4.78, 5) is 10.2. The Morgan fingerprint density at radius 3 is 2.11 bits per heavy atom. The van der Waals surface area contributed by atoms with Gasteiger partial charge in [-0.2, -0.15) is 0 Å². The van der Waals surface area contributed by atoms with Gasteiger partial charge in [0.15, 0.2) is 5.82 Å². The standard InChI is InChI=1S/C41H39N5/c1-26-11-13-27(14-12-26)28-15-17-29(18-16-28)36-37(30-19-21-31(22-20-30)41(42)24-23-35(41)40(2,3)4)46-34-10-7-25-43-38(34)44-33-9-6-5-8-32(33)39(46)45-36/h5-22,25,35H,23-24,42H2,1-4H3,(H,43,44). The fourth-order valence-electron chi connectivity index (χ4n) is 7.55. The van der Waals surface area contributed by atoms with Crippen LogP contribution in [0, 0.1) is 18.3 Å². The minimum absolute atomic E-state index is 0.156. The molecule has 0 radical (unpaired) electrons. The van der Waals surface area contributed by atoms with Crippen molar-refractivity contribution in [1.29, 1.82) is 0 Å². The number of hydrogen-bond donors (Lipinski definition) is 2. The predicted octanol–water partition coefficient (Wildman–Crippen LogP) is 9.91. The Labute approximate surface area is 271 Å². The molecule has 46 heavy (non-hydrogen) atoms. The highest BCUT2D eigenvalue weighted by Crippen LogP contribution is 2.53. The predicted molar refractivity (Wildman–Crippen MR) is 189 cm³/mol. The summed E-state index contributed by atoms with van der Waals surface area (Å²) in [5, 5.41) is 3.58. The molecule has 4 aromatic carbocycles. The van der Waals surface area contributed by atoms with Crippen LogP contribution in [0.2, 0.25) is 0 Å². The number of aryl methyl sites for hydroxylation is 1. The average Bonchev–Trinajstić information content (AvgIpc) is 3.38. The number of pyridine rings is 1. The molecule has 3 heterocycles. The van der Waals surface area contributed by atoms with E-state index in [9.17, 15) is 0 Å². The molecule has 0 spiro atoms. The van der Waals surface area contributed by atoms with Gasteiger partial charge in [0, 0.05) is 28.4 Å². The van der Waals surface area contributed by atoms with Gasteiger partial charge in [-0.15, -0.1) is 0 Å². The molecule has 3 N–H and O–H groups in total. The molecule has 1 saturated carbocycles. The molecule has 2 unspecified atom stereocenters. The third-order valence-electron chi connectivity index (χ3n) is 10.1. The smallest absolute Gasteiger partial charge is 0.154 e. The molecule has 2 atom stereocenters. The van der Waals surface area contributed by atoms with Gasteiger partial charge in [-0.25, -0.2) is 9.97 Å². The number of benzene rings is 4. The Balaban J connectivity index is 1.32. The first-order valence-corrected chi connectivity index (χ1v) is 16.2. The van der Waals surface area contributed by atoms with Crippen LogP contribution in [-0.2, 0) is 5.54 Å². The van der Waals surface area contributed by atoms with Crippen molar-refractivity contribution in [2.75, 3.05) is 5.32 Å². The lowest BCUT2D eigenvalue weighted by molar-refractivity contribution is 0.0238. The third kappa shape index (κ3) is 4.57. The van der Waals surface area contributed by atoms with Crippen LogP contribution < -0.4 is 11.1 Å². The summed E-state index contributed by atoms with van der Waals surface area (Å²) in [6, 6.07) is 38.9. The van der Waals surface area contributed by atoms with Crippen molar-refractivity contribution in [2.24, 2.45) is 17.1 Å². The molecule has 0 amide bonds. The lowest BCUT2D eigenvalue weighted by atomic mass is 9.55. The number of nitrogens with two attached hydrogens (primary N) is 1. The van der Waals surface area contributed by atoms with Crippen molar-refractivity contribution < 1.29 is 0 Å². The van der Waals surface area contributed by atoms with E-state index in [0.717, 1.165) is 63.9 Å². The van der Waals surface area contributed by atoms with Crippen molar-refractivity contribution in [2.45, 2.75) is 46.1 Å². The molecule has 0 saturated heterocycles. The van der Waals surface area contributed by atoms with Gasteiger partial charge in [-0.05, 0) is 72.1 Å². The average molecular weight is 602 g/mol. The lowest BCUT2D eigenvalue weighted by Crippen LogP contribution is -2.56. The zero-order valence-electron chi connectivity index (χ0n) is 26.9. The normalized spacial score (nSPS) is 18.4. The van der Waals surface area contributed by atoms with Crippen LogP contribution >= 0.6 is 0 Å². The summed E-state index contributed by atoms with van der Waals surface area (Å²) in [5.41, 5.74) is 18.9. The number of anilines is 2. The number of nitrogens with zero attached hydrogens (tertiary/aromatic N) is 3. The van der Waals surface area contributed by atoms with Gasteiger partial charge >= 0.3 is 0 Å². The molecule has 1 aliphatic heterocycles. The SMILES string of the molecule is Cc1ccc(-c2ccc(-c3nc4n(c3-c3ccc(C5(N)CCC5C(C)(C)C)cc3)-c3cccnc3Nc3ccccc3-4)cc2)cc1. The van der Waals surface area contributed by atoms with Gasteiger partial charge in [-0.1, -0.05) is 111 Å². The number of aromatic nitrogens is 3. The van der Waals surface area contributed by atoms with E-state index in [1.165, 1.54) is 22.3 Å². The fraction of sp³-hybridized carbons (Fsp3) is 0.220. The molecule has 1 fully saturated rings. The van der Waals surface area contributed by atoms with Crippen LogP contribution in [0.1, 0.15) is 44.7 Å². The topological polar surface area (TPSA) is 68.8 Å². The number of fused-ring (bicyclic) bond motifs is 5. The van der Waals surface area contributed by atoms with E-state index in [-0.39, 0.29) is 11.0 Å². The summed E-state index contributed by atoms with van der Waals surface area (Å²) in [6.45, 7) is 9.04. The van der Waals surface area contributed by atoms with Gasteiger partial charge in [0.1, 0.15) is 5.82 Å². The molecule has 5 heteroatoms. The molecule has 0 bridgehead atoms. The van der Waals surface area contributed by atoms with Crippen LogP contribution in [0.25, 0.3) is 50.7 Å². The van der Waals surface area contributed by atoms with Gasteiger partial charge in [-0.3, -0.25) is 4.57 Å². The van der Waals surface area contributed by atoms with Crippen molar-refractivity contribution in [1.82, 2.24) is 14.5 Å². The number of para-hydroxylation sites is 1. The first-order valence-electron chi connectivity index (χ1n) is 16.2. The Morgan fingerprint density at radius 1 is 0.783 bits per heavy atom. The molecule has 8 rings (SSSR count). The molecule has 5 nitrogen and oxygen atoms in total. The van der Waals surface area contributed by atoms with Gasteiger partial charge < -0.3 is 11.1 Å². The quantitative estimate of drug-likeness (QED) is 0.211. The van der Waals surface area contributed by atoms with Gasteiger partial charge in [0.25, 0.3) is 0 Å². The fourth-order valence-corrected chi connectivity index (χ4v) is 7.55. The Kier molecular flexibility index (Phi) is 6.52. The highest BCUT2D eigenvalue weighted by molar-refractivity contribution is 5.91. The zero-order valence-corrected chi connectivity index (χ0v) is 26.9. The van der Waals surface area contributed by atoms with Crippen molar-refractivity contribution >= 4 is 11.5 Å². The van der Waals surface area contributed by atoms with Crippen LogP contribution in [0.15, 0.2) is 115 Å². The van der Waals surface area contributed by atoms with E-state index in [1.54, 1.807) is 0 Å². The van der Waals surface area contributed by atoms with E-state index in [2.05, 4.69) is 135 Å². The molecule has 2 aromatic heterocycles. The van der Waals surface area contributed by atoms with E-state index in [0.29, 0.717) is 5.92 Å². The lowest BCUT2D eigenvalue weighted by Gasteiger charge is -2.53.